The van der Waals surface area contributed by atoms with E-state index in [0.717, 1.165) is 6.07 Å². The molecule has 2 aromatic rings. The van der Waals surface area contributed by atoms with Gasteiger partial charge in [0.1, 0.15) is 5.82 Å². The summed E-state index contributed by atoms with van der Waals surface area (Å²) in [5.41, 5.74) is 4.77. The highest BCUT2D eigenvalue weighted by Gasteiger charge is 2.32. The highest BCUT2D eigenvalue weighted by Crippen LogP contribution is 2.42. The molecule has 0 amide bonds. The van der Waals surface area contributed by atoms with E-state index < -0.39 is 11.7 Å². The van der Waals surface area contributed by atoms with Gasteiger partial charge in [0.2, 0.25) is 0 Å². The first-order chi connectivity index (χ1) is 9.21. The Balaban J connectivity index is 2.73. The van der Waals surface area contributed by atoms with Gasteiger partial charge in [0.15, 0.2) is 0 Å². The van der Waals surface area contributed by atoms with Gasteiger partial charge >= 0.3 is 6.18 Å². The molecule has 0 aliphatic carbocycles. The van der Waals surface area contributed by atoms with Crippen LogP contribution < -0.4 is 5.73 Å². The van der Waals surface area contributed by atoms with Crippen molar-refractivity contribution in [3.8, 4) is 11.1 Å². The Morgan fingerprint density at radius 3 is 2.25 bits per heavy atom. The molecule has 20 heavy (non-hydrogen) atoms. The number of halogens is 6. The number of rotatable bonds is 1. The first-order valence-electron chi connectivity index (χ1n) is 5.18. The monoisotopic (exact) mass is 340 g/mol. The minimum atomic E-state index is -4.55. The molecule has 0 aliphatic heterocycles. The van der Waals surface area contributed by atoms with Crippen LogP contribution in [-0.4, -0.2) is 4.98 Å². The van der Waals surface area contributed by atoms with Gasteiger partial charge in [-0.2, -0.15) is 13.2 Å². The zero-order valence-corrected chi connectivity index (χ0v) is 11.9. The minimum absolute atomic E-state index is 0.0164. The second-order valence-electron chi connectivity index (χ2n) is 3.87. The fraction of sp³-hybridized carbons (Fsp3) is 0.0833. The summed E-state index contributed by atoms with van der Waals surface area (Å²) in [5, 5.41) is 0.307. The van der Waals surface area contributed by atoms with Crippen molar-refractivity contribution in [1.82, 2.24) is 4.98 Å². The Bertz CT molecular complexity index is 672. The normalized spacial score (nSPS) is 11.7. The van der Waals surface area contributed by atoms with Crippen molar-refractivity contribution in [3.63, 3.8) is 0 Å². The number of nitrogens with two attached hydrogens (primary N) is 1. The van der Waals surface area contributed by atoms with Gasteiger partial charge in [-0.1, -0.05) is 34.8 Å². The molecule has 106 valence electrons. The van der Waals surface area contributed by atoms with E-state index in [1.165, 1.54) is 12.1 Å². The maximum Gasteiger partial charge on any atom is 0.417 e. The zero-order valence-electron chi connectivity index (χ0n) is 9.60. The molecule has 0 bridgehead atoms. The van der Waals surface area contributed by atoms with Crippen molar-refractivity contribution in [1.29, 1.82) is 0 Å². The van der Waals surface area contributed by atoms with Crippen LogP contribution in [0.5, 0.6) is 0 Å². The molecule has 8 heteroatoms. The largest absolute Gasteiger partial charge is 0.417 e. The Labute approximate surface area is 127 Å². The van der Waals surface area contributed by atoms with Gasteiger partial charge < -0.3 is 5.73 Å². The molecule has 0 saturated heterocycles. The summed E-state index contributed by atoms with van der Waals surface area (Å²) in [5.74, 6) is -0.121. The number of aromatic nitrogens is 1. The topological polar surface area (TPSA) is 38.9 Å². The average molecular weight is 342 g/mol. The lowest BCUT2D eigenvalue weighted by Gasteiger charge is -2.13. The van der Waals surface area contributed by atoms with Gasteiger partial charge in [-0.05, 0) is 18.2 Å². The Morgan fingerprint density at radius 1 is 1.05 bits per heavy atom. The van der Waals surface area contributed by atoms with E-state index in [-0.39, 0.29) is 32.0 Å². The molecule has 0 spiro atoms. The van der Waals surface area contributed by atoms with Gasteiger partial charge in [0, 0.05) is 17.3 Å². The number of nitrogens with zero attached hydrogens (tertiary/aromatic N) is 1. The third kappa shape index (κ3) is 2.80. The second-order valence-corrected chi connectivity index (χ2v) is 5.07. The van der Waals surface area contributed by atoms with E-state index >= 15 is 0 Å². The summed E-state index contributed by atoms with van der Waals surface area (Å²) < 4.78 is 38.2. The fourth-order valence-corrected chi connectivity index (χ4v) is 2.34. The maximum atomic E-state index is 12.7. The van der Waals surface area contributed by atoms with Crippen molar-refractivity contribution >= 4 is 40.6 Å². The SMILES string of the molecule is Nc1ncc(C(F)(F)F)cc1-c1c(Cl)ccc(Cl)c1Cl. The lowest BCUT2D eigenvalue weighted by molar-refractivity contribution is -0.137. The standard InChI is InChI=1S/C12H6Cl3F3N2/c13-7-1-2-8(14)10(15)9(7)6-3-5(12(16,17)18)4-20-11(6)19/h1-4H,(H2,19,20). The van der Waals surface area contributed by atoms with Crippen LogP contribution in [0.2, 0.25) is 15.1 Å². The molecule has 0 unspecified atom stereocenters. The maximum absolute atomic E-state index is 12.7. The van der Waals surface area contributed by atoms with Gasteiger partial charge in [0.05, 0.1) is 20.6 Å². The third-order valence-corrected chi connectivity index (χ3v) is 3.68. The van der Waals surface area contributed by atoms with Crippen molar-refractivity contribution < 1.29 is 13.2 Å². The Morgan fingerprint density at radius 2 is 1.65 bits per heavy atom. The van der Waals surface area contributed by atoms with Crippen LogP contribution in [0.25, 0.3) is 11.1 Å². The van der Waals surface area contributed by atoms with Gasteiger partial charge in [0.25, 0.3) is 0 Å². The molecule has 0 saturated carbocycles. The number of hydrogen-bond donors (Lipinski definition) is 1. The average Bonchev–Trinajstić information content (AvgIpc) is 2.35. The van der Waals surface area contributed by atoms with Crippen LogP contribution in [-0.2, 0) is 6.18 Å². The van der Waals surface area contributed by atoms with Crippen LogP contribution in [0.1, 0.15) is 5.56 Å². The Hall–Kier alpha value is -1.17. The van der Waals surface area contributed by atoms with Crippen molar-refractivity contribution in [2.75, 3.05) is 5.73 Å². The lowest BCUT2D eigenvalue weighted by atomic mass is 10.0. The van der Waals surface area contributed by atoms with E-state index in [2.05, 4.69) is 4.98 Å². The summed E-state index contributed by atoms with van der Waals surface area (Å²) in [6.07, 6.45) is -3.90. The molecule has 1 heterocycles. The van der Waals surface area contributed by atoms with Crippen LogP contribution >= 0.6 is 34.8 Å². The quantitative estimate of drug-likeness (QED) is 0.714. The smallest absolute Gasteiger partial charge is 0.383 e. The summed E-state index contributed by atoms with van der Waals surface area (Å²) >= 11 is 17.8. The molecule has 0 radical (unpaired) electrons. The highest BCUT2D eigenvalue weighted by atomic mass is 35.5. The number of anilines is 1. The number of hydrogen-bond acceptors (Lipinski definition) is 2. The number of alkyl halides is 3. The van der Waals surface area contributed by atoms with E-state index in [1.54, 1.807) is 0 Å². The minimum Gasteiger partial charge on any atom is -0.383 e. The summed E-state index contributed by atoms with van der Waals surface area (Å²) in [7, 11) is 0. The van der Waals surface area contributed by atoms with Crippen molar-refractivity contribution in [2.24, 2.45) is 0 Å². The van der Waals surface area contributed by atoms with Gasteiger partial charge in [-0.3, -0.25) is 0 Å². The molecule has 2 N–H and O–H groups in total. The van der Waals surface area contributed by atoms with Crippen LogP contribution in [0.4, 0.5) is 19.0 Å². The molecule has 1 aromatic heterocycles. The first-order valence-corrected chi connectivity index (χ1v) is 6.31. The highest BCUT2D eigenvalue weighted by molar-refractivity contribution is 6.46. The Kier molecular flexibility index (Phi) is 4.04. The molecule has 0 aliphatic rings. The van der Waals surface area contributed by atoms with E-state index in [9.17, 15) is 13.2 Å². The summed E-state index contributed by atoms with van der Waals surface area (Å²) in [4.78, 5) is 3.53. The number of benzene rings is 1. The zero-order chi connectivity index (χ0) is 15.1. The van der Waals surface area contributed by atoms with E-state index in [0.29, 0.717) is 6.20 Å². The molecular formula is C12H6Cl3F3N2. The summed E-state index contributed by atoms with van der Waals surface area (Å²) in [6.45, 7) is 0. The molecule has 2 rings (SSSR count). The second kappa shape index (κ2) is 5.31. The molecular weight excluding hydrogens is 335 g/mol. The molecule has 2 nitrogen and oxygen atoms in total. The van der Waals surface area contributed by atoms with Crippen LogP contribution in [0, 0.1) is 0 Å². The van der Waals surface area contributed by atoms with Crippen LogP contribution in [0.15, 0.2) is 24.4 Å². The van der Waals surface area contributed by atoms with Crippen LogP contribution in [0.3, 0.4) is 0 Å². The van der Waals surface area contributed by atoms with E-state index in [1.807, 2.05) is 0 Å². The molecule has 0 fully saturated rings. The predicted octanol–water partition coefficient (Wildman–Crippen LogP) is 5.31. The number of pyridine rings is 1. The third-order valence-electron chi connectivity index (χ3n) is 2.56. The van der Waals surface area contributed by atoms with Crippen molar-refractivity contribution in [2.45, 2.75) is 6.18 Å². The van der Waals surface area contributed by atoms with Gasteiger partial charge in [-0.25, -0.2) is 4.98 Å². The van der Waals surface area contributed by atoms with Gasteiger partial charge in [-0.15, -0.1) is 0 Å². The molecule has 1 aromatic carbocycles. The number of nitrogen functional groups attached to an aromatic ring is 1. The predicted molar refractivity (Wildman–Crippen MR) is 74.1 cm³/mol. The first kappa shape index (κ1) is 15.2. The summed E-state index contributed by atoms with van der Waals surface area (Å²) in [6, 6.07) is 3.70. The molecule has 0 atom stereocenters. The fourth-order valence-electron chi connectivity index (χ4n) is 1.60. The van der Waals surface area contributed by atoms with Crippen molar-refractivity contribution in [3.05, 3.63) is 45.0 Å². The lowest BCUT2D eigenvalue weighted by Crippen LogP contribution is -2.07. The van der Waals surface area contributed by atoms with E-state index in [4.69, 9.17) is 40.5 Å².